The molecule has 1 aromatic heterocycles. The molecule has 0 spiro atoms. The van der Waals surface area contributed by atoms with Crippen LogP contribution in [0.25, 0.3) is 0 Å². The Balaban J connectivity index is 2.03. The molecule has 1 N–H and O–H groups in total. The highest BCUT2D eigenvalue weighted by molar-refractivity contribution is 5.48. The molecule has 1 unspecified atom stereocenters. The van der Waals surface area contributed by atoms with Crippen molar-refractivity contribution in [1.29, 1.82) is 0 Å². The summed E-state index contributed by atoms with van der Waals surface area (Å²) in [6.07, 6.45) is 4.81. The van der Waals surface area contributed by atoms with Crippen molar-refractivity contribution in [3.63, 3.8) is 0 Å². The van der Waals surface area contributed by atoms with Crippen LogP contribution in [0.4, 0.5) is 5.82 Å². The molecule has 18 heavy (non-hydrogen) atoms. The second kappa shape index (κ2) is 6.54. The van der Waals surface area contributed by atoms with E-state index in [1.54, 1.807) is 6.33 Å². The summed E-state index contributed by atoms with van der Waals surface area (Å²) >= 11 is 0. The molecule has 0 bridgehead atoms. The zero-order chi connectivity index (χ0) is 12.8. The Labute approximate surface area is 108 Å². The number of aromatic nitrogens is 2. The molecule has 0 aliphatic carbocycles. The molecule has 0 radical (unpaired) electrons. The van der Waals surface area contributed by atoms with Crippen LogP contribution in [0, 0.1) is 0 Å². The normalized spacial score (nSPS) is 18.9. The first-order valence-corrected chi connectivity index (χ1v) is 6.67. The molecular weight excluding hydrogens is 230 g/mol. The van der Waals surface area contributed by atoms with Gasteiger partial charge in [0, 0.05) is 13.2 Å². The van der Waals surface area contributed by atoms with E-state index in [1.807, 2.05) is 0 Å². The average Bonchev–Trinajstić information content (AvgIpc) is 2.90. The van der Waals surface area contributed by atoms with Gasteiger partial charge in [-0.3, -0.25) is 0 Å². The second-order valence-electron chi connectivity index (χ2n) is 4.34. The van der Waals surface area contributed by atoms with Crippen LogP contribution in [0.2, 0.25) is 0 Å². The molecular formula is C13H21N3O2. The van der Waals surface area contributed by atoms with Crippen molar-refractivity contribution in [1.82, 2.24) is 9.97 Å². The van der Waals surface area contributed by atoms with E-state index in [0.717, 1.165) is 43.8 Å². The molecule has 0 saturated carbocycles. The SMILES string of the molecule is CCNc1ncnc(OCC2CCCO2)c1CC. The molecule has 100 valence electrons. The maximum absolute atomic E-state index is 5.78. The van der Waals surface area contributed by atoms with E-state index in [4.69, 9.17) is 9.47 Å². The van der Waals surface area contributed by atoms with Crippen LogP contribution in [0.15, 0.2) is 6.33 Å². The highest BCUT2D eigenvalue weighted by Crippen LogP contribution is 2.23. The quantitative estimate of drug-likeness (QED) is 0.838. The number of hydrogen-bond acceptors (Lipinski definition) is 5. The molecule has 1 aliphatic heterocycles. The Morgan fingerprint density at radius 1 is 1.44 bits per heavy atom. The minimum Gasteiger partial charge on any atom is -0.475 e. The van der Waals surface area contributed by atoms with Crippen LogP contribution in [0.1, 0.15) is 32.3 Å². The van der Waals surface area contributed by atoms with Gasteiger partial charge in [-0.05, 0) is 26.2 Å². The number of anilines is 1. The fraction of sp³-hybridized carbons (Fsp3) is 0.692. The van der Waals surface area contributed by atoms with Gasteiger partial charge in [0.1, 0.15) is 18.8 Å². The van der Waals surface area contributed by atoms with Gasteiger partial charge in [-0.2, -0.15) is 0 Å². The average molecular weight is 251 g/mol. The van der Waals surface area contributed by atoms with E-state index in [9.17, 15) is 0 Å². The predicted octanol–water partition coefficient (Wildman–Crippen LogP) is 2.03. The van der Waals surface area contributed by atoms with Crippen LogP contribution >= 0.6 is 0 Å². The van der Waals surface area contributed by atoms with Crippen LogP contribution in [-0.2, 0) is 11.2 Å². The zero-order valence-electron chi connectivity index (χ0n) is 11.1. The summed E-state index contributed by atoms with van der Waals surface area (Å²) in [7, 11) is 0. The zero-order valence-corrected chi connectivity index (χ0v) is 11.1. The van der Waals surface area contributed by atoms with Crippen molar-refractivity contribution >= 4 is 5.82 Å². The molecule has 2 heterocycles. The van der Waals surface area contributed by atoms with E-state index >= 15 is 0 Å². The Kier molecular flexibility index (Phi) is 4.75. The first-order valence-electron chi connectivity index (χ1n) is 6.67. The summed E-state index contributed by atoms with van der Waals surface area (Å²) in [6.45, 7) is 6.40. The van der Waals surface area contributed by atoms with Crippen LogP contribution in [0.3, 0.4) is 0 Å². The molecule has 5 heteroatoms. The lowest BCUT2D eigenvalue weighted by molar-refractivity contribution is 0.0659. The fourth-order valence-electron chi connectivity index (χ4n) is 2.11. The largest absolute Gasteiger partial charge is 0.475 e. The summed E-state index contributed by atoms with van der Waals surface area (Å²) in [4.78, 5) is 8.47. The van der Waals surface area contributed by atoms with Crippen molar-refractivity contribution in [3.05, 3.63) is 11.9 Å². The van der Waals surface area contributed by atoms with Gasteiger partial charge in [0.2, 0.25) is 5.88 Å². The van der Waals surface area contributed by atoms with Gasteiger partial charge in [0.15, 0.2) is 0 Å². The molecule has 1 fully saturated rings. The maximum atomic E-state index is 5.78. The Bertz CT molecular complexity index is 378. The third-order valence-electron chi connectivity index (χ3n) is 3.03. The van der Waals surface area contributed by atoms with Gasteiger partial charge in [0.25, 0.3) is 0 Å². The van der Waals surface area contributed by atoms with Crippen LogP contribution < -0.4 is 10.1 Å². The first kappa shape index (κ1) is 13.1. The smallest absolute Gasteiger partial charge is 0.221 e. The lowest BCUT2D eigenvalue weighted by Crippen LogP contribution is -2.18. The molecule has 0 aromatic carbocycles. The molecule has 1 saturated heterocycles. The highest BCUT2D eigenvalue weighted by Gasteiger charge is 2.18. The van der Waals surface area contributed by atoms with E-state index in [2.05, 4.69) is 29.1 Å². The van der Waals surface area contributed by atoms with E-state index in [0.29, 0.717) is 12.5 Å². The van der Waals surface area contributed by atoms with Crippen molar-refractivity contribution in [2.24, 2.45) is 0 Å². The Morgan fingerprint density at radius 2 is 2.33 bits per heavy atom. The number of nitrogens with zero attached hydrogens (tertiary/aromatic N) is 2. The second-order valence-corrected chi connectivity index (χ2v) is 4.34. The Hall–Kier alpha value is -1.36. The van der Waals surface area contributed by atoms with Crippen molar-refractivity contribution in [3.8, 4) is 5.88 Å². The number of hydrogen-bond donors (Lipinski definition) is 1. The predicted molar refractivity (Wildman–Crippen MR) is 70.0 cm³/mol. The summed E-state index contributed by atoms with van der Waals surface area (Å²) in [5.74, 6) is 1.55. The minimum atomic E-state index is 0.215. The van der Waals surface area contributed by atoms with Gasteiger partial charge in [0.05, 0.1) is 11.7 Å². The van der Waals surface area contributed by atoms with E-state index in [-0.39, 0.29) is 6.10 Å². The summed E-state index contributed by atoms with van der Waals surface area (Å²) < 4.78 is 11.3. The van der Waals surface area contributed by atoms with E-state index in [1.165, 1.54) is 0 Å². The van der Waals surface area contributed by atoms with Gasteiger partial charge < -0.3 is 14.8 Å². The number of nitrogens with one attached hydrogen (secondary N) is 1. The van der Waals surface area contributed by atoms with Gasteiger partial charge in [-0.15, -0.1) is 0 Å². The first-order chi connectivity index (χ1) is 8.85. The maximum Gasteiger partial charge on any atom is 0.221 e. The van der Waals surface area contributed by atoms with Crippen LogP contribution in [0.5, 0.6) is 5.88 Å². The number of rotatable bonds is 6. The lowest BCUT2D eigenvalue weighted by atomic mass is 10.2. The topological polar surface area (TPSA) is 56.3 Å². The van der Waals surface area contributed by atoms with Gasteiger partial charge in [-0.1, -0.05) is 6.92 Å². The summed E-state index contributed by atoms with van der Waals surface area (Å²) in [6, 6.07) is 0. The molecule has 1 atom stereocenters. The monoisotopic (exact) mass is 251 g/mol. The molecule has 1 aliphatic rings. The van der Waals surface area contributed by atoms with Crippen molar-refractivity contribution in [2.45, 2.75) is 39.2 Å². The standard InChI is InChI=1S/C13H21N3O2/c1-3-11-12(14-4-2)15-9-16-13(11)18-8-10-6-5-7-17-10/h9-10H,3-8H2,1-2H3,(H,14,15,16). The van der Waals surface area contributed by atoms with Gasteiger partial charge >= 0.3 is 0 Å². The summed E-state index contributed by atoms with van der Waals surface area (Å²) in [5, 5.41) is 3.23. The Morgan fingerprint density at radius 3 is 3.00 bits per heavy atom. The third-order valence-corrected chi connectivity index (χ3v) is 3.03. The summed E-state index contributed by atoms with van der Waals surface area (Å²) in [5.41, 5.74) is 1.04. The van der Waals surface area contributed by atoms with Crippen molar-refractivity contribution < 1.29 is 9.47 Å². The minimum absolute atomic E-state index is 0.215. The van der Waals surface area contributed by atoms with Crippen molar-refractivity contribution in [2.75, 3.05) is 25.1 Å². The highest BCUT2D eigenvalue weighted by atomic mass is 16.5. The third kappa shape index (κ3) is 3.10. The lowest BCUT2D eigenvalue weighted by Gasteiger charge is -2.15. The fourth-order valence-corrected chi connectivity index (χ4v) is 2.11. The number of ether oxygens (including phenoxy) is 2. The van der Waals surface area contributed by atoms with E-state index < -0.39 is 0 Å². The molecule has 0 amide bonds. The molecule has 1 aromatic rings. The van der Waals surface area contributed by atoms with Crippen LogP contribution in [-0.4, -0.2) is 35.8 Å². The molecule has 5 nitrogen and oxygen atoms in total. The van der Waals surface area contributed by atoms with Gasteiger partial charge in [-0.25, -0.2) is 9.97 Å². The molecule has 2 rings (SSSR count).